The van der Waals surface area contributed by atoms with E-state index in [1.807, 2.05) is 11.7 Å². The van der Waals surface area contributed by atoms with Crippen LogP contribution in [0.3, 0.4) is 0 Å². The van der Waals surface area contributed by atoms with Crippen molar-refractivity contribution >= 4 is 0 Å². The third kappa shape index (κ3) is 4.53. The molecule has 0 spiro atoms. The Morgan fingerprint density at radius 2 is 2.08 bits per heavy atom. The number of fused-ring (bicyclic) bond motifs is 1. The predicted molar refractivity (Wildman–Crippen MR) is 91.9 cm³/mol. The molecule has 1 aromatic heterocycles. The smallest absolute Gasteiger partial charge is 0.100 e. The summed E-state index contributed by atoms with van der Waals surface area (Å²) in [5, 5.41) is 8.63. The number of aromatic nitrogens is 3. The number of likely N-dealkylation sites (N-methyl/N-ethyl adjacent to an activating group) is 1. The van der Waals surface area contributed by atoms with Gasteiger partial charge < -0.3 is 14.4 Å². The van der Waals surface area contributed by atoms with Crippen molar-refractivity contribution in [1.29, 1.82) is 0 Å². The maximum absolute atomic E-state index is 5.95. The molecule has 1 saturated heterocycles. The zero-order chi connectivity index (χ0) is 16.9. The van der Waals surface area contributed by atoms with Crippen LogP contribution >= 0.6 is 0 Å². The standard InChI is InChI=1S/C17H31N5O2/c1-20(2)6-9-24-13-15-11-22(10-14-4-7-23-8-5-14)12-16-17(15)21(3)19-18-16/h14-15H,4-13H2,1-3H3/t15-/m0/s1. The Labute approximate surface area is 144 Å². The zero-order valence-electron chi connectivity index (χ0n) is 15.3. The molecule has 136 valence electrons. The molecule has 0 saturated carbocycles. The van der Waals surface area contributed by atoms with Crippen molar-refractivity contribution < 1.29 is 9.47 Å². The summed E-state index contributed by atoms with van der Waals surface area (Å²) in [5.74, 6) is 1.10. The molecule has 0 aromatic carbocycles. The van der Waals surface area contributed by atoms with E-state index in [1.54, 1.807) is 0 Å². The van der Waals surface area contributed by atoms with Gasteiger partial charge in [0.25, 0.3) is 0 Å². The number of ether oxygens (including phenoxy) is 2. The van der Waals surface area contributed by atoms with Gasteiger partial charge in [-0.1, -0.05) is 5.21 Å². The highest BCUT2D eigenvalue weighted by Gasteiger charge is 2.31. The molecular weight excluding hydrogens is 306 g/mol. The molecule has 3 rings (SSSR count). The van der Waals surface area contributed by atoms with Crippen LogP contribution in [0.1, 0.15) is 30.1 Å². The van der Waals surface area contributed by atoms with Gasteiger partial charge in [0.05, 0.1) is 18.9 Å². The van der Waals surface area contributed by atoms with Gasteiger partial charge in [-0.25, -0.2) is 0 Å². The fourth-order valence-corrected chi connectivity index (χ4v) is 3.73. The van der Waals surface area contributed by atoms with E-state index in [1.165, 1.54) is 18.5 Å². The molecule has 24 heavy (non-hydrogen) atoms. The summed E-state index contributed by atoms with van der Waals surface area (Å²) in [4.78, 5) is 4.68. The normalized spacial score (nSPS) is 22.9. The van der Waals surface area contributed by atoms with E-state index in [9.17, 15) is 0 Å². The van der Waals surface area contributed by atoms with Crippen LogP contribution in [0.25, 0.3) is 0 Å². The molecule has 1 aromatic rings. The quantitative estimate of drug-likeness (QED) is 0.684. The van der Waals surface area contributed by atoms with E-state index in [4.69, 9.17) is 9.47 Å². The molecule has 2 aliphatic rings. The van der Waals surface area contributed by atoms with Crippen LogP contribution in [0.5, 0.6) is 0 Å². The molecule has 2 aliphatic heterocycles. The lowest BCUT2D eigenvalue weighted by atomic mass is 9.95. The number of rotatable bonds is 7. The number of nitrogens with zero attached hydrogens (tertiary/aromatic N) is 5. The lowest BCUT2D eigenvalue weighted by molar-refractivity contribution is 0.0422. The van der Waals surface area contributed by atoms with Crippen molar-refractivity contribution in [1.82, 2.24) is 24.8 Å². The first-order valence-corrected chi connectivity index (χ1v) is 9.04. The van der Waals surface area contributed by atoms with E-state index >= 15 is 0 Å². The second kappa shape index (κ2) is 8.38. The minimum Gasteiger partial charge on any atom is -0.381 e. The van der Waals surface area contributed by atoms with Gasteiger partial charge in [-0.3, -0.25) is 9.58 Å². The van der Waals surface area contributed by atoms with Crippen molar-refractivity contribution in [2.45, 2.75) is 25.3 Å². The van der Waals surface area contributed by atoms with Crippen LogP contribution in [0.4, 0.5) is 0 Å². The second-order valence-electron chi connectivity index (χ2n) is 7.37. The Hall–Kier alpha value is -1.02. The van der Waals surface area contributed by atoms with Gasteiger partial charge >= 0.3 is 0 Å². The zero-order valence-corrected chi connectivity index (χ0v) is 15.3. The van der Waals surface area contributed by atoms with Crippen LogP contribution in [-0.2, 0) is 23.1 Å². The topological polar surface area (TPSA) is 55.6 Å². The first-order valence-electron chi connectivity index (χ1n) is 9.04. The largest absolute Gasteiger partial charge is 0.381 e. The van der Waals surface area contributed by atoms with Crippen LogP contribution < -0.4 is 0 Å². The Kier molecular flexibility index (Phi) is 6.21. The summed E-state index contributed by atoms with van der Waals surface area (Å²) in [6.45, 7) is 7.36. The van der Waals surface area contributed by atoms with Gasteiger partial charge in [0.2, 0.25) is 0 Å². The fraction of sp³-hybridized carbons (Fsp3) is 0.882. The van der Waals surface area contributed by atoms with E-state index in [0.717, 1.165) is 64.2 Å². The monoisotopic (exact) mass is 337 g/mol. The van der Waals surface area contributed by atoms with Crippen molar-refractivity contribution in [2.24, 2.45) is 13.0 Å². The molecular formula is C17H31N5O2. The molecule has 0 N–H and O–H groups in total. The summed E-state index contributed by atoms with van der Waals surface area (Å²) in [6.07, 6.45) is 2.35. The van der Waals surface area contributed by atoms with Gasteiger partial charge in [0.15, 0.2) is 0 Å². The molecule has 0 aliphatic carbocycles. The second-order valence-corrected chi connectivity index (χ2v) is 7.37. The average molecular weight is 337 g/mol. The van der Waals surface area contributed by atoms with Crippen LogP contribution in [0, 0.1) is 5.92 Å². The number of hydrogen-bond donors (Lipinski definition) is 0. The van der Waals surface area contributed by atoms with E-state index < -0.39 is 0 Å². The third-order valence-electron chi connectivity index (χ3n) is 5.04. The summed E-state index contributed by atoms with van der Waals surface area (Å²) in [7, 11) is 6.14. The van der Waals surface area contributed by atoms with Gasteiger partial charge in [-0.15, -0.1) is 5.10 Å². The van der Waals surface area contributed by atoms with E-state index in [-0.39, 0.29) is 0 Å². The molecule has 1 fully saturated rings. The third-order valence-corrected chi connectivity index (χ3v) is 5.04. The Morgan fingerprint density at radius 1 is 1.29 bits per heavy atom. The Bertz CT molecular complexity index is 513. The lowest BCUT2D eigenvalue weighted by Crippen LogP contribution is -2.40. The molecule has 1 atom stereocenters. The predicted octanol–water partition coefficient (Wildman–Crippen LogP) is 0.719. The first-order chi connectivity index (χ1) is 11.6. The highest BCUT2D eigenvalue weighted by molar-refractivity contribution is 5.19. The van der Waals surface area contributed by atoms with Gasteiger partial charge in [-0.05, 0) is 32.9 Å². The van der Waals surface area contributed by atoms with Crippen LogP contribution in [0.2, 0.25) is 0 Å². The minimum absolute atomic E-state index is 0.357. The Morgan fingerprint density at radius 3 is 2.83 bits per heavy atom. The van der Waals surface area contributed by atoms with Gasteiger partial charge in [0, 0.05) is 52.4 Å². The molecule has 0 radical (unpaired) electrons. The van der Waals surface area contributed by atoms with Crippen molar-refractivity contribution in [3.8, 4) is 0 Å². The molecule has 3 heterocycles. The molecule has 7 nitrogen and oxygen atoms in total. The SMILES string of the molecule is CN(C)CCOC[C@@H]1CN(CC2CCOCC2)Cc2nnn(C)c21. The summed E-state index contributed by atoms with van der Waals surface area (Å²) in [6, 6.07) is 0. The van der Waals surface area contributed by atoms with Crippen LogP contribution in [-0.4, -0.2) is 85.0 Å². The van der Waals surface area contributed by atoms with Gasteiger partial charge in [-0.2, -0.15) is 0 Å². The Balaban J connectivity index is 1.59. The molecule has 0 amide bonds. The minimum atomic E-state index is 0.357. The average Bonchev–Trinajstić information content (AvgIpc) is 2.93. The van der Waals surface area contributed by atoms with E-state index in [0.29, 0.717) is 5.92 Å². The summed E-state index contributed by atoms with van der Waals surface area (Å²) < 4.78 is 13.4. The molecule has 7 heteroatoms. The van der Waals surface area contributed by atoms with Gasteiger partial charge in [0.1, 0.15) is 5.69 Å². The summed E-state index contributed by atoms with van der Waals surface area (Å²) >= 11 is 0. The van der Waals surface area contributed by atoms with Crippen LogP contribution in [0.15, 0.2) is 0 Å². The van der Waals surface area contributed by atoms with E-state index in [2.05, 4.69) is 34.2 Å². The maximum Gasteiger partial charge on any atom is 0.100 e. The highest BCUT2D eigenvalue weighted by Crippen LogP contribution is 2.28. The highest BCUT2D eigenvalue weighted by atomic mass is 16.5. The lowest BCUT2D eigenvalue weighted by Gasteiger charge is -2.35. The van der Waals surface area contributed by atoms with Crippen molar-refractivity contribution in [3.05, 3.63) is 11.4 Å². The van der Waals surface area contributed by atoms with Crippen molar-refractivity contribution in [2.75, 3.05) is 60.2 Å². The number of hydrogen-bond acceptors (Lipinski definition) is 6. The number of aryl methyl sites for hydroxylation is 1. The maximum atomic E-state index is 5.95. The first kappa shape index (κ1) is 17.8. The van der Waals surface area contributed by atoms with Crippen molar-refractivity contribution in [3.63, 3.8) is 0 Å². The summed E-state index contributed by atoms with van der Waals surface area (Å²) in [5.41, 5.74) is 2.38. The molecule has 0 bridgehead atoms. The molecule has 0 unspecified atom stereocenters. The fourth-order valence-electron chi connectivity index (χ4n) is 3.73.